The Morgan fingerprint density at radius 2 is 1.62 bits per heavy atom. The van der Waals surface area contributed by atoms with Gasteiger partial charge in [-0.05, 0) is 58.4 Å². The molecular formula is C12H10BrNOS. The van der Waals surface area contributed by atoms with Crippen LogP contribution in [0.25, 0.3) is 0 Å². The topological polar surface area (TPSA) is 46.2 Å². The molecule has 2 aromatic rings. The minimum atomic E-state index is 0.250. The first kappa shape index (κ1) is 11.4. The number of rotatable bonds is 2. The minimum Gasteiger partial charge on any atom is -0.507 e. The van der Waals surface area contributed by atoms with Crippen molar-refractivity contribution in [2.24, 2.45) is 0 Å². The van der Waals surface area contributed by atoms with Gasteiger partial charge in [-0.3, -0.25) is 0 Å². The number of hydrogen-bond donors (Lipinski definition) is 2. The normalized spacial score (nSPS) is 10.3. The van der Waals surface area contributed by atoms with Crippen LogP contribution in [0.3, 0.4) is 0 Å². The van der Waals surface area contributed by atoms with Crippen molar-refractivity contribution in [1.82, 2.24) is 0 Å². The van der Waals surface area contributed by atoms with E-state index in [0.29, 0.717) is 4.47 Å². The molecule has 0 fully saturated rings. The van der Waals surface area contributed by atoms with Crippen molar-refractivity contribution in [1.29, 1.82) is 0 Å². The molecule has 3 N–H and O–H groups in total. The Morgan fingerprint density at radius 3 is 2.25 bits per heavy atom. The van der Waals surface area contributed by atoms with Gasteiger partial charge in [0.15, 0.2) is 0 Å². The third kappa shape index (κ3) is 2.71. The smallest absolute Gasteiger partial charge is 0.130 e. The highest BCUT2D eigenvalue weighted by atomic mass is 79.9. The first-order valence-electron chi connectivity index (χ1n) is 4.67. The zero-order chi connectivity index (χ0) is 11.5. The van der Waals surface area contributed by atoms with Crippen LogP contribution < -0.4 is 5.73 Å². The molecule has 0 atom stereocenters. The van der Waals surface area contributed by atoms with Gasteiger partial charge in [-0.15, -0.1) is 0 Å². The zero-order valence-electron chi connectivity index (χ0n) is 8.35. The summed E-state index contributed by atoms with van der Waals surface area (Å²) >= 11 is 4.83. The van der Waals surface area contributed by atoms with E-state index in [1.807, 2.05) is 36.4 Å². The molecule has 0 aliphatic carbocycles. The summed E-state index contributed by atoms with van der Waals surface area (Å²) in [5.74, 6) is 0.250. The maximum absolute atomic E-state index is 9.54. The second-order valence-electron chi connectivity index (χ2n) is 3.28. The number of halogens is 1. The summed E-state index contributed by atoms with van der Waals surface area (Å²) in [6.07, 6.45) is 0. The standard InChI is InChI=1S/C12H10BrNOS/c13-11-6-5-10(7-12(11)15)16-9-3-1-8(14)2-4-9/h1-7,15H,14H2. The molecule has 0 aliphatic heterocycles. The third-order valence-electron chi connectivity index (χ3n) is 2.03. The largest absolute Gasteiger partial charge is 0.507 e. The monoisotopic (exact) mass is 295 g/mol. The molecule has 0 radical (unpaired) electrons. The summed E-state index contributed by atoms with van der Waals surface area (Å²) in [7, 11) is 0. The van der Waals surface area contributed by atoms with Gasteiger partial charge in [-0.2, -0.15) is 0 Å². The maximum Gasteiger partial charge on any atom is 0.130 e. The van der Waals surface area contributed by atoms with Crippen LogP contribution in [0.2, 0.25) is 0 Å². The molecular weight excluding hydrogens is 286 g/mol. The molecule has 0 aromatic heterocycles. The lowest BCUT2D eigenvalue weighted by Crippen LogP contribution is -1.82. The van der Waals surface area contributed by atoms with E-state index in [2.05, 4.69) is 15.9 Å². The number of phenolic OH excluding ortho intramolecular Hbond substituents is 1. The van der Waals surface area contributed by atoms with Crippen molar-refractivity contribution in [3.05, 3.63) is 46.9 Å². The van der Waals surface area contributed by atoms with E-state index in [1.54, 1.807) is 17.8 Å². The summed E-state index contributed by atoms with van der Waals surface area (Å²) in [5.41, 5.74) is 6.36. The van der Waals surface area contributed by atoms with Gasteiger partial charge < -0.3 is 10.8 Å². The minimum absolute atomic E-state index is 0.250. The molecule has 2 nitrogen and oxygen atoms in total. The quantitative estimate of drug-likeness (QED) is 0.826. The summed E-state index contributed by atoms with van der Waals surface area (Å²) in [4.78, 5) is 2.08. The second kappa shape index (κ2) is 4.80. The van der Waals surface area contributed by atoms with Crippen LogP contribution in [-0.4, -0.2) is 5.11 Å². The summed E-state index contributed by atoms with van der Waals surface area (Å²) in [6, 6.07) is 13.1. The van der Waals surface area contributed by atoms with Crippen LogP contribution >= 0.6 is 27.7 Å². The van der Waals surface area contributed by atoms with Crippen molar-refractivity contribution in [2.75, 3.05) is 5.73 Å². The van der Waals surface area contributed by atoms with Gasteiger partial charge in [0.25, 0.3) is 0 Å². The SMILES string of the molecule is Nc1ccc(Sc2ccc(Br)c(O)c2)cc1. The van der Waals surface area contributed by atoms with Gasteiger partial charge in [0, 0.05) is 15.5 Å². The van der Waals surface area contributed by atoms with E-state index < -0.39 is 0 Å². The molecule has 0 spiro atoms. The molecule has 0 unspecified atom stereocenters. The van der Waals surface area contributed by atoms with Gasteiger partial charge >= 0.3 is 0 Å². The highest BCUT2D eigenvalue weighted by molar-refractivity contribution is 9.10. The lowest BCUT2D eigenvalue weighted by molar-refractivity contribution is 0.470. The van der Waals surface area contributed by atoms with E-state index in [4.69, 9.17) is 5.73 Å². The fraction of sp³-hybridized carbons (Fsp3) is 0. The maximum atomic E-state index is 9.54. The number of hydrogen-bond acceptors (Lipinski definition) is 3. The molecule has 0 heterocycles. The average molecular weight is 296 g/mol. The highest BCUT2D eigenvalue weighted by Gasteiger charge is 2.01. The van der Waals surface area contributed by atoms with Gasteiger partial charge in [0.05, 0.1) is 4.47 Å². The number of nitrogen functional groups attached to an aromatic ring is 1. The fourth-order valence-electron chi connectivity index (χ4n) is 1.23. The predicted molar refractivity (Wildman–Crippen MR) is 70.8 cm³/mol. The molecule has 0 amide bonds. The van der Waals surface area contributed by atoms with Crippen LogP contribution in [-0.2, 0) is 0 Å². The molecule has 82 valence electrons. The zero-order valence-corrected chi connectivity index (χ0v) is 10.8. The van der Waals surface area contributed by atoms with Crippen LogP contribution in [0.15, 0.2) is 56.7 Å². The van der Waals surface area contributed by atoms with Crippen LogP contribution in [0.4, 0.5) is 5.69 Å². The molecule has 4 heteroatoms. The number of anilines is 1. The molecule has 2 aromatic carbocycles. The van der Waals surface area contributed by atoms with Crippen molar-refractivity contribution in [3.63, 3.8) is 0 Å². The molecule has 0 aliphatic rings. The first-order chi connectivity index (χ1) is 7.65. The molecule has 16 heavy (non-hydrogen) atoms. The number of nitrogens with two attached hydrogens (primary N) is 1. The summed E-state index contributed by atoms with van der Waals surface area (Å²) in [6.45, 7) is 0. The summed E-state index contributed by atoms with van der Waals surface area (Å²) in [5, 5.41) is 9.54. The van der Waals surface area contributed by atoms with E-state index in [0.717, 1.165) is 15.5 Å². The van der Waals surface area contributed by atoms with Gasteiger partial charge in [0.1, 0.15) is 5.75 Å². The Kier molecular flexibility index (Phi) is 3.41. The first-order valence-corrected chi connectivity index (χ1v) is 6.28. The lowest BCUT2D eigenvalue weighted by Gasteiger charge is -2.03. The Morgan fingerprint density at radius 1 is 1.00 bits per heavy atom. The van der Waals surface area contributed by atoms with Crippen molar-refractivity contribution in [3.8, 4) is 5.75 Å². The van der Waals surface area contributed by atoms with Gasteiger partial charge in [0.2, 0.25) is 0 Å². The highest BCUT2D eigenvalue weighted by Crippen LogP contribution is 2.33. The molecule has 0 bridgehead atoms. The Bertz CT molecular complexity index is 499. The Labute approximate surface area is 107 Å². The van der Waals surface area contributed by atoms with Crippen LogP contribution in [0.1, 0.15) is 0 Å². The van der Waals surface area contributed by atoms with Gasteiger partial charge in [-0.25, -0.2) is 0 Å². The van der Waals surface area contributed by atoms with Gasteiger partial charge in [-0.1, -0.05) is 11.8 Å². The second-order valence-corrected chi connectivity index (χ2v) is 5.29. The van der Waals surface area contributed by atoms with Crippen molar-refractivity contribution < 1.29 is 5.11 Å². The fourth-order valence-corrected chi connectivity index (χ4v) is 2.33. The van der Waals surface area contributed by atoms with Crippen LogP contribution in [0.5, 0.6) is 5.75 Å². The van der Waals surface area contributed by atoms with E-state index in [-0.39, 0.29) is 5.75 Å². The van der Waals surface area contributed by atoms with Crippen LogP contribution in [0, 0.1) is 0 Å². The molecule has 2 rings (SSSR count). The van der Waals surface area contributed by atoms with Crippen molar-refractivity contribution in [2.45, 2.75) is 9.79 Å². The lowest BCUT2D eigenvalue weighted by atomic mass is 10.3. The summed E-state index contributed by atoms with van der Waals surface area (Å²) < 4.78 is 0.703. The molecule has 0 saturated carbocycles. The Hall–Kier alpha value is -1.13. The van der Waals surface area contributed by atoms with E-state index >= 15 is 0 Å². The number of benzene rings is 2. The average Bonchev–Trinajstić information content (AvgIpc) is 2.27. The molecule has 0 saturated heterocycles. The van der Waals surface area contributed by atoms with Crippen molar-refractivity contribution >= 4 is 33.4 Å². The number of aromatic hydroxyl groups is 1. The van der Waals surface area contributed by atoms with E-state index in [9.17, 15) is 5.11 Å². The van der Waals surface area contributed by atoms with E-state index in [1.165, 1.54) is 0 Å². The Balaban J connectivity index is 2.20. The third-order valence-corrected chi connectivity index (χ3v) is 3.70. The predicted octanol–water partition coefficient (Wildman–Crippen LogP) is 3.89. The number of phenols is 1.